The summed E-state index contributed by atoms with van der Waals surface area (Å²) in [6.45, 7) is 4.21. The van der Waals surface area contributed by atoms with Crippen LogP contribution in [0.25, 0.3) is 0 Å². The number of nitrogens with one attached hydrogen (secondary N) is 1. The Labute approximate surface area is 211 Å². The van der Waals surface area contributed by atoms with E-state index in [0.29, 0.717) is 16.7 Å². The number of anilines is 1. The Morgan fingerprint density at radius 2 is 1.74 bits per heavy atom. The third-order valence-electron chi connectivity index (χ3n) is 5.25. The van der Waals surface area contributed by atoms with Gasteiger partial charge in [-0.15, -0.1) is 0 Å². The van der Waals surface area contributed by atoms with E-state index in [-0.39, 0.29) is 23.7 Å². The van der Waals surface area contributed by atoms with E-state index in [4.69, 9.17) is 21.1 Å². The zero-order valence-corrected chi connectivity index (χ0v) is 21.5. The van der Waals surface area contributed by atoms with Gasteiger partial charge in [0.15, 0.2) is 0 Å². The second-order valence-corrected chi connectivity index (χ2v) is 10.4. The van der Waals surface area contributed by atoms with Gasteiger partial charge in [0.2, 0.25) is 5.91 Å². The van der Waals surface area contributed by atoms with E-state index in [0.717, 1.165) is 15.6 Å². The number of carbonyl (C=O) groups excluding carboxylic acids is 1. The van der Waals surface area contributed by atoms with Crippen LogP contribution >= 0.6 is 11.6 Å². The quantitative estimate of drug-likeness (QED) is 0.368. The van der Waals surface area contributed by atoms with Gasteiger partial charge in [0, 0.05) is 5.02 Å². The minimum Gasteiger partial charge on any atom is -0.497 e. The van der Waals surface area contributed by atoms with Crippen molar-refractivity contribution < 1.29 is 22.7 Å². The van der Waals surface area contributed by atoms with Gasteiger partial charge >= 0.3 is 0 Å². The Morgan fingerprint density at radius 3 is 2.40 bits per heavy atom. The summed E-state index contributed by atoms with van der Waals surface area (Å²) >= 11 is 6.10. The standard InChI is InChI=1S/C26H29ClN2O5S/c1-19(2)24-9-4-5-10-25(24)34-16-15-28-26(30)18-29(21-8-6-7-20(27)17-21)35(31,32)23-13-11-22(33-3)12-14-23/h4-14,17,19H,15-16,18H2,1-3H3,(H,28,30). The molecule has 1 N–H and O–H groups in total. The first kappa shape index (κ1) is 26.4. The number of ether oxygens (including phenoxy) is 2. The van der Waals surface area contributed by atoms with E-state index in [1.54, 1.807) is 30.3 Å². The molecule has 3 aromatic carbocycles. The summed E-state index contributed by atoms with van der Waals surface area (Å²) in [7, 11) is -2.56. The molecule has 0 aliphatic carbocycles. The van der Waals surface area contributed by atoms with E-state index in [1.807, 2.05) is 24.3 Å². The molecule has 0 heterocycles. The van der Waals surface area contributed by atoms with Crippen LogP contribution in [0, 0.1) is 0 Å². The molecule has 35 heavy (non-hydrogen) atoms. The molecule has 0 bridgehead atoms. The van der Waals surface area contributed by atoms with Gasteiger partial charge < -0.3 is 14.8 Å². The van der Waals surface area contributed by atoms with Crippen LogP contribution in [-0.2, 0) is 14.8 Å². The molecule has 0 unspecified atom stereocenters. The van der Waals surface area contributed by atoms with Gasteiger partial charge in [-0.3, -0.25) is 9.10 Å². The van der Waals surface area contributed by atoms with E-state index in [1.165, 1.54) is 25.3 Å². The number of sulfonamides is 1. The Morgan fingerprint density at radius 1 is 1.03 bits per heavy atom. The summed E-state index contributed by atoms with van der Waals surface area (Å²) in [5, 5.41) is 3.09. The van der Waals surface area contributed by atoms with Crippen molar-refractivity contribution in [2.24, 2.45) is 0 Å². The van der Waals surface area contributed by atoms with Crippen molar-refractivity contribution in [2.75, 3.05) is 31.1 Å². The molecule has 0 spiro atoms. The molecule has 186 valence electrons. The number of hydrogen-bond donors (Lipinski definition) is 1. The van der Waals surface area contributed by atoms with Crippen molar-refractivity contribution >= 4 is 33.2 Å². The Hall–Kier alpha value is -3.23. The van der Waals surface area contributed by atoms with Gasteiger partial charge in [-0.05, 0) is 60.0 Å². The van der Waals surface area contributed by atoms with Crippen molar-refractivity contribution in [3.05, 3.63) is 83.4 Å². The first-order valence-electron chi connectivity index (χ1n) is 11.1. The summed E-state index contributed by atoms with van der Waals surface area (Å²) in [6, 6.07) is 20.1. The maximum atomic E-state index is 13.4. The van der Waals surface area contributed by atoms with Gasteiger partial charge in [-0.25, -0.2) is 8.42 Å². The Bertz CT molecular complexity index is 1250. The summed E-state index contributed by atoms with van der Waals surface area (Å²) in [5.41, 5.74) is 1.36. The van der Waals surface area contributed by atoms with Crippen LogP contribution < -0.4 is 19.1 Å². The number of rotatable bonds is 11. The summed E-state index contributed by atoms with van der Waals surface area (Å²) in [5.74, 6) is 1.12. The van der Waals surface area contributed by atoms with E-state index < -0.39 is 22.5 Å². The van der Waals surface area contributed by atoms with Gasteiger partial charge in [0.05, 0.1) is 24.2 Å². The lowest BCUT2D eigenvalue weighted by Gasteiger charge is -2.24. The predicted molar refractivity (Wildman–Crippen MR) is 138 cm³/mol. The molecule has 0 aromatic heterocycles. The van der Waals surface area contributed by atoms with Crippen LogP contribution in [0.4, 0.5) is 5.69 Å². The molecule has 9 heteroatoms. The molecular formula is C26H29ClN2O5S. The van der Waals surface area contributed by atoms with Gasteiger partial charge in [0.1, 0.15) is 24.7 Å². The minimum absolute atomic E-state index is 0.0275. The van der Waals surface area contributed by atoms with Crippen molar-refractivity contribution in [1.29, 1.82) is 0 Å². The lowest BCUT2D eigenvalue weighted by Crippen LogP contribution is -2.42. The van der Waals surface area contributed by atoms with Crippen LogP contribution in [0.15, 0.2) is 77.7 Å². The molecule has 3 rings (SSSR count). The third kappa shape index (κ3) is 6.90. The monoisotopic (exact) mass is 516 g/mol. The fourth-order valence-corrected chi connectivity index (χ4v) is 5.05. The second kappa shape index (κ2) is 12.0. The van der Waals surface area contributed by atoms with E-state index in [2.05, 4.69) is 19.2 Å². The van der Waals surface area contributed by atoms with Crippen molar-refractivity contribution in [1.82, 2.24) is 5.32 Å². The summed E-state index contributed by atoms with van der Waals surface area (Å²) in [4.78, 5) is 12.8. The van der Waals surface area contributed by atoms with Crippen molar-refractivity contribution in [3.63, 3.8) is 0 Å². The number of hydrogen-bond acceptors (Lipinski definition) is 5. The number of nitrogens with zero attached hydrogens (tertiary/aromatic N) is 1. The third-order valence-corrected chi connectivity index (χ3v) is 7.28. The summed E-state index contributed by atoms with van der Waals surface area (Å²) in [6.07, 6.45) is 0. The number of amides is 1. The van der Waals surface area contributed by atoms with Crippen LogP contribution in [0.2, 0.25) is 5.02 Å². The van der Waals surface area contributed by atoms with Crippen LogP contribution in [-0.4, -0.2) is 41.1 Å². The zero-order chi connectivity index (χ0) is 25.4. The summed E-state index contributed by atoms with van der Waals surface area (Å²) < 4.78 is 38.8. The van der Waals surface area contributed by atoms with E-state index in [9.17, 15) is 13.2 Å². The molecule has 3 aromatic rings. The number of para-hydroxylation sites is 1. The Balaban J connectivity index is 1.71. The molecule has 1 amide bonds. The SMILES string of the molecule is COc1ccc(S(=O)(=O)N(CC(=O)NCCOc2ccccc2C(C)C)c2cccc(Cl)c2)cc1. The normalized spacial score (nSPS) is 11.2. The average molecular weight is 517 g/mol. The maximum absolute atomic E-state index is 13.4. The van der Waals surface area contributed by atoms with Crippen LogP contribution in [0.3, 0.4) is 0 Å². The molecule has 0 aliphatic heterocycles. The highest BCUT2D eigenvalue weighted by atomic mass is 35.5. The first-order valence-corrected chi connectivity index (χ1v) is 12.9. The molecular weight excluding hydrogens is 488 g/mol. The molecule has 7 nitrogen and oxygen atoms in total. The molecule has 0 fully saturated rings. The fraction of sp³-hybridized carbons (Fsp3) is 0.269. The smallest absolute Gasteiger partial charge is 0.264 e. The number of halogens is 1. The molecule has 0 saturated carbocycles. The van der Waals surface area contributed by atoms with E-state index >= 15 is 0 Å². The highest BCUT2D eigenvalue weighted by Gasteiger charge is 2.27. The second-order valence-electron chi connectivity index (χ2n) is 8.06. The lowest BCUT2D eigenvalue weighted by atomic mass is 10.0. The molecule has 0 aliphatic rings. The van der Waals surface area contributed by atoms with Crippen LogP contribution in [0.5, 0.6) is 11.5 Å². The molecule has 0 saturated heterocycles. The minimum atomic E-state index is -4.05. The molecule has 0 atom stereocenters. The van der Waals surface area contributed by atoms with Crippen molar-refractivity contribution in [2.45, 2.75) is 24.7 Å². The first-order chi connectivity index (χ1) is 16.7. The van der Waals surface area contributed by atoms with Crippen LogP contribution in [0.1, 0.15) is 25.3 Å². The highest BCUT2D eigenvalue weighted by molar-refractivity contribution is 7.92. The largest absolute Gasteiger partial charge is 0.497 e. The highest BCUT2D eigenvalue weighted by Crippen LogP contribution is 2.27. The Kier molecular flexibility index (Phi) is 9.01. The van der Waals surface area contributed by atoms with Gasteiger partial charge in [-0.2, -0.15) is 0 Å². The molecule has 0 radical (unpaired) electrons. The van der Waals surface area contributed by atoms with Gasteiger partial charge in [0.25, 0.3) is 10.0 Å². The number of carbonyl (C=O) groups is 1. The fourth-order valence-electron chi connectivity index (χ4n) is 3.45. The predicted octanol–water partition coefficient (Wildman–Crippen LogP) is 4.86. The maximum Gasteiger partial charge on any atom is 0.264 e. The average Bonchev–Trinajstić information content (AvgIpc) is 2.85. The number of benzene rings is 3. The zero-order valence-electron chi connectivity index (χ0n) is 19.9. The number of methoxy groups -OCH3 is 1. The topological polar surface area (TPSA) is 84.9 Å². The van der Waals surface area contributed by atoms with Crippen molar-refractivity contribution in [3.8, 4) is 11.5 Å². The van der Waals surface area contributed by atoms with Gasteiger partial charge in [-0.1, -0.05) is 49.7 Å². The lowest BCUT2D eigenvalue weighted by molar-refractivity contribution is -0.119.